The molecule has 2 aliphatic heterocycles. The Balaban J connectivity index is 0.000000132. The van der Waals surface area contributed by atoms with Crippen LogP contribution in [-0.2, 0) is 0 Å². The van der Waals surface area contributed by atoms with E-state index < -0.39 is 0 Å². The summed E-state index contributed by atoms with van der Waals surface area (Å²) in [5.41, 5.74) is 11.1. The molecule has 2 nitrogen and oxygen atoms in total. The van der Waals surface area contributed by atoms with E-state index in [1.807, 2.05) is 23.5 Å². The molecule has 1 atom stereocenters. The van der Waals surface area contributed by atoms with Crippen LogP contribution >= 0.6 is 23.5 Å². The third-order valence-electron chi connectivity index (χ3n) is 2.23. The van der Waals surface area contributed by atoms with E-state index in [4.69, 9.17) is 11.5 Å². The van der Waals surface area contributed by atoms with Crippen molar-refractivity contribution in [1.82, 2.24) is 0 Å². The van der Waals surface area contributed by atoms with Crippen molar-refractivity contribution < 1.29 is 0 Å². The SMILES string of the molecule is NC1CCSC1.NC1CCSCC1. The predicted molar refractivity (Wildman–Crippen MR) is 64.5 cm³/mol. The lowest BCUT2D eigenvalue weighted by atomic mass is 10.2. The lowest BCUT2D eigenvalue weighted by Crippen LogP contribution is -2.24. The Bertz CT molecular complexity index is 121. The van der Waals surface area contributed by atoms with Gasteiger partial charge in [0.15, 0.2) is 0 Å². The Hall–Kier alpha value is 0.620. The summed E-state index contributed by atoms with van der Waals surface area (Å²) in [4.78, 5) is 0. The van der Waals surface area contributed by atoms with Crippen molar-refractivity contribution in [3.8, 4) is 0 Å². The first kappa shape index (κ1) is 11.7. The summed E-state index contributed by atoms with van der Waals surface area (Å²) in [6, 6.07) is 1.02. The smallest absolute Gasteiger partial charge is 0.0138 e. The summed E-state index contributed by atoms with van der Waals surface area (Å²) >= 11 is 3.98. The first-order valence-electron chi connectivity index (χ1n) is 4.95. The summed E-state index contributed by atoms with van der Waals surface area (Å²) in [5.74, 6) is 5.02. The molecule has 0 aromatic carbocycles. The van der Waals surface area contributed by atoms with Gasteiger partial charge in [0.25, 0.3) is 0 Å². The van der Waals surface area contributed by atoms with Gasteiger partial charge in [0.2, 0.25) is 0 Å². The fourth-order valence-corrected chi connectivity index (χ4v) is 3.52. The van der Waals surface area contributed by atoms with E-state index in [1.54, 1.807) is 0 Å². The Morgan fingerprint density at radius 1 is 0.769 bits per heavy atom. The molecule has 2 saturated heterocycles. The van der Waals surface area contributed by atoms with E-state index in [0.29, 0.717) is 12.1 Å². The zero-order chi connectivity index (χ0) is 9.52. The minimum atomic E-state index is 0.509. The largest absolute Gasteiger partial charge is 0.328 e. The monoisotopic (exact) mass is 220 g/mol. The van der Waals surface area contributed by atoms with E-state index in [-0.39, 0.29) is 0 Å². The standard InChI is InChI=1S/C5H11NS.C4H9NS/c6-5-1-3-7-4-2-5;5-4-1-2-6-3-4/h5H,1-4,6H2;4H,1-3,5H2. The van der Waals surface area contributed by atoms with Crippen LogP contribution < -0.4 is 11.5 Å². The van der Waals surface area contributed by atoms with Gasteiger partial charge in [0.05, 0.1) is 0 Å². The van der Waals surface area contributed by atoms with Crippen LogP contribution in [0.1, 0.15) is 19.3 Å². The highest BCUT2D eigenvalue weighted by atomic mass is 32.2. The van der Waals surface area contributed by atoms with E-state index in [2.05, 4.69) is 0 Å². The lowest BCUT2D eigenvalue weighted by molar-refractivity contribution is 0.625. The fourth-order valence-electron chi connectivity index (χ4n) is 1.27. The predicted octanol–water partition coefficient (Wildman–Crippen LogP) is 1.29. The second-order valence-corrected chi connectivity index (χ2v) is 5.95. The van der Waals surface area contributed by atoms with Crippen molar-refractivity contribution in [2.24, 2.45) is 11.5 Å². The van der Waals surface area contributed by atoms with Crippen molar-refractivity contribution in [3.63, 3.8) is 0 Å². The van der Waals surface area contributed by atoms with Gasteiger partial charge in [-0.1, -0.05) is 0 Å². The third-order valence-corrected chi connectivity index (χ3v) is 4.47. The topological polar surface area (TPSA) is 52.0 Å². The van der Waals surface area contributed by atoms with Crippen molar-refractivity contribution in [2.45, 2.75) is 31.3 Å². The molecule has 0 aromatic rings. The number of thioether (sulfide) groups is 2. The average molecular weight is 220 g/mol. The van der Waals surface area contributed by atoms with Gasteiger partial charge in [0.1, 0.15) is 0 Å². The molecule has 4 heteroatoms. The second-order valence-electron chi connectivity index (χ2n) is 3.57. The van der Waals surface area contributed by atoms with Gasteiger partial charge < -0.3 is 11.5 Å². The molecule has 0 aliphatic carbocycles. The maximum Gasteiger partial charge on any atom is 0.0138 e. The summed E-state index contributed by atoms with van der Waals surface area (Å²) < 4.78 is 0. The van der Waals surface area contributed by atoms with Crippen LogP contribution in [0.3, 0.4) is 0 Å². The molecule has 2 aliphatic rings. The summed E-state index contributed by atoms with van der Waals surface area (Å²) in [6.07, 6.45) is 3.68. The first-order valence-corrected chi connectivity index (χ1v) is 7.26. The van der Waals surface area contributed by atoms with Crippen molar-refractivity contribution in [1.29, 1.82) is 0 Å². The number of hydrogen-bond donors (Lipinski definition) is 2. The molecule has 2 rings (SSSR count). The summed E-state index contributed by atoms with van der Waals surface area (Å²) in [5, 5.41) is 0. The van der Waals surface area contributed by atoms with E-state index in [1.165, 1.54) is 42.3 Å². The third kappa shape index (κ3) is 5.83. The first-order chi connectivity index (χ1) is 6.29. The van der Waals surface area contributed by atoms with Gasteiger partial charge in [0, 0.05) is 17.8 Å². The molecule has 2 heterocycles. The summed E-state index contributed by atoms with van der Waals surface area (Å²) in [7, 11) is 0. The zero-order valence-corrected chi connectivity index (χ0v) is 9.71. The quantitative estimate of drug-likeness (QED) is 0.646. The maximum atomic E-state index is 5.62. The molecule has 4 N–H and O–H groups in total. The van der Waals surface area contributed by atoms with Gasteiger partial charge in [-0.3, -0.25) is 0 Å². The number of hydrogen-bond acceptors (Lipinski definition) is 4. The second kappa shape index (κ2) is 6.98. The Morgan fingerprint density at radius 3 is 1.54 bits per heavy atom. The number of rotatable bonds is 0. The molecule has 78 valence electrons. The molecular weight excluding hydrogens is 200 g/mol. The molecule has 1 unspecified atom stereocenters. The highest BCUT2D eigenvalue weighted by Crippen LogP contribution is 2.14. The molecule has 0 radical (unpaired) electrons. The van der Waals surface area contributed by atoms with Crippen LogP contribution in [0.5, 0.6) is 0 Å². The van der Waals surface area contributed by atoms with Crippen molar-refractivity contribution in [2.75, 3.05) is 23.0 Å². The fraction of sp³-hybridized carbons (Fsp3) is 1.00. The zero-order valence-electron chi connectivity index (χ0n) is 8.08. The molecule has 0 spiro atoms. The van der Waals surface area contributed by atoms with Gasteiger partial charge in [-0.05, 0) is 36.5 Å². The van der Waals surface area contributed by atoms with Crippen LogP contribution in [0.4, 0.5) is 0 Å². The molecule has 13 heavy (non-hydrogen) atoms. The molecule has 0 aromatic heterocycles. The highest BCUT2D eigenvalue weighted by molar-refractivity contribution is 7.99. The lowest BCUT2D eigenvalue weighted by Gasteiger charge is -2.15. The van der Waals surface area contributed by atoms with E-state index >= 15 is 0 Å². The number of nitrogens with two attached hydrogens (primary N) is 2. The van der Waals surface area contributed by atoms with Crippen LogP contribution in [0, 0.1) is 0 Å². The molecule has 2 fully saturated rings. The summed E-state index contributed by atoms with van der Waals surface area (Å²) in [6.45, 7) is 0. The maximum absolute atomic E-state index is 5.62. The normalized spacial score (nSPS) is 29.5. The van der Waals surface area contributed by atoms with Crippen LogP contribution in [0.25, 0.3) is 0 Å². The van der Waals surface area contributed by atoms with Crippen LogP contribution in [0.2, 0.25) is 0 Å². The Labute approximate surface area is 89.6 Å². The van der Waals surface area contributed by atoms with Crippen LogP contribution in [-0.4, -0.2) is 35.1 Å². The van der Waals surface area contributed by atoms with Gasteiger partial charge in [-0.15, -0.1) is 0 Å². The minimum absolute atomic E-state index is 0.509. The van der Waals surface area contributed by atoms with E-state index in [9.17, 15) is 0 Å². The molecule has 0 saturated carbocycles. The Morgan fingerprint density at radius 2 is 1.31 bits per heavy atom. The molecule has 0 bridgehead atoms. The van der Waals surface area contributed by atoms with Gasteiger partial charge in [-0.25, -0.2) is 0 Å². The van der Waals surface area contributed by atoms with Crippen LogP contribution in [0.15, 0.2) is 0 Å². The van der Waals surface area contributed by atoms with E-state index in [0.717, 1.165) is 0 Å². The van der Waals surface area contributed by atoms with Crippen molar-refractivity contribution >= 4 is 23.5 Å². The van der Waals surface area contributed by atoms with Crippen molar-refractivity contribution in [3.05, 3.63) is 0 Å². The van der Waals surface area contributed by atoms with Gasteiger partial charge >= 0.3 is 0 Å². The minimum Gasteiger partial charge on any atom is -0.328 e. The Kier molecular flexibility index (Phi) is 6.28. The van der Waals surface area contributed by atoms with Gasteiger partial charge in [-0.2, -0.15) is 23.5 Å². The molecular formula is C9H20N2S2. The molecule has 0 amide bonds. The average Bonchev–Trinajstić information content (AvgIpc) is 2.58. The highest BCUT2D eigenvalue weighted by Gasteiger charge is 2.08.